The van der Waals surface area contributed by atoms with Gasteiger partial charge in [0.2, 0.25) is 0 Å². The van der Waals surface area contributed by atoms with E-state index in [1.807, 2.05) is 0 Å². The Hall–Kier alpha value is -8.02. The molecule has 12 aromatic rings. The van der Waals surface area contributed by atoms with Gasteiger partial charge in [-0.3, -0.25) is 0 Å². The molecule has 69 heavy (non-hydrogen) atoms. The highest BCUT2D eigenvalue weighted by molar-refractivity contribution is 6.26. The minimum absolute atomic E-state index is 0.0315. The molecule has 0 N–H and O–H groups in total. The lowest BCUT2D eigenvalue weighted by Crippen LogP contribution is -2.19. The van der Waals surface area contributed by atoms with Crippen molar-refractivity contribution in [1.82, 2.24) is 0 Å². The minimum Gasteiger partial charge on any atom is -0.458 e. The summed E-state index contributed by atoms with van der Waals surface area (Å²) in [7, 11) is 0. The molecule has 0 amide bonds. The molecule has 0 saturated carbocycles. The Morgan fingerprint density at radius 2 is 0.826 bits per heavy atom. The van der Waals surface area contributed by atoms with Gasteiger partial charge < -0.3 is 23.1 Å². The number of benzene rings is 9. The second-order valence-electron chi connectivity index (χ2n) is 20.9. The van der Waals surface area contributed by atoms with Crippen LogP contribution in [0.15, 0.2) is 195 Å². The first kappa shape index (κ1) is 41.2. The average molecular weight is 897 g/mol. The molecular formula is C64H52N2O3. The maximum atomic E-state index is 7.21. The lowest BCUT2D eigenvalue weighted by Gasteiger charge is -2.30. The van der Waals surface area contributed by atoms with Crippen molar-refractivity contribution in [3.63, 3.8) is 0 Å². The van der Waals surface area contributed by atoms with Crippen molar-refractivity contribution in [2.75, 3.05) is 9.80 Å². The predicted molar refractivity (Wildman–Crippen MR) is 290 cm³/mol. The van der Waals surface area contributed by atoms with E-state index in [2.05, 4.69) is 239 Å². The Morgan fingerprint density at radius 3 is 1.36 bits per heavy atom. The highest BCUT2D eigenvalue weighted by Crippen LogP contribution is 2.53. The second kappa shape index (κ2) is 15.2. The lowest BCUT2D eigenvalue weighted by molar-refractivity contribution is 0.283. The van der Waals surface area contributed by atoms with E-state index in [0.29, 0.717) is 0 Å². The smallest absolute Gasteiger partial charge is 0.159 e. The third-order valence-electron chi connectivity index (χ3n) is 14.5. The van der Waals surface area contributed by atoms with Crippen LogP contribution in [0.25, 0.3) is 82.5 Å². The van der Waals surface area contributed by atoms with E-state index >= 15 is 0 Å². The van der Waals surface area contributed by atoms with Crippen LogP contribution in [0.4, 0.5) is 34.1 Å². The Bertz CT molecular complexity index is 4030. The van der Waals surface area contributed by atoms with Gasteiger partial charge in [-0.1, -0.05) is 181 Å². The summed E-state index contributed by atoms with van der Waals surface area (Å²) in [5, 5.41) is 9.60. The summed E-state index contributed by atoms with van der Waals surface area (Å²) >= 11 is 0. The van der Waals surface area contributed by atoms with Gasteiger partial charge in [0, 0.05) is 76.9 Å². The van der Waals surface area contributed by atoms with Crippen LogP contribution in [-0.2, 0) is 5.41 Å². The molecule has 9 aromatic carbocycles. The van der Waals surface area contributed by atoms with Crippen LogP contribution in [0, 0.1) is 5.41 Å². The number of para-hydroxylation sites is 5. The minimum atomic E-state index is -0.105. The van der Waals surface area contributed by atoms with Crippen LogP contribution in [0.3, 0.4) is 0 Å². The van der Waals surface area contributed by atoms with Crippen LogP contribution in [0.2, 0.25) is 0 Å². The molecule has 3 aromatic heterocycles. The number of allylic oxidation sites excluding steroid dienone is 1. The maximum absolute atomic E-state index is 7.21. The molecule has 5 heteroatoms. The summed E-state index contributed by atoms with van der Waals surface area (Å²) in [5.74, 6) is 1.33. The topological polar surface area (TPSA) is 45.9 Å². The Balaban J connectivity index is 1.10. The number of furan rings is 3. The lowest BCUT2D eigenvalue weighted by atomic mass is 9.74. The first-order chi connectivity index (χ1) is 33.5. The molecule has 5 nitrogen and oxygen atoms in total. The average Bonchev–Trinajstić information content (AvgIpc) is 4.07. The fourth-order valence-electron chi connectivity index (χ4n) is 11.2. The van der Waals surface area contributed by atoms with E-state index < -0.39 is 0 Å². The van der Waals surface area contributed by atoms with Crippen molar-refractivity contribution in [1.29, 1.82) is 0 Å². The molecule has 0 spiro atoms. The number of hydrogen-bond donors (Lipinski definition) is 0. The van der Waals surface area contributed by atoms with Crippen LogP contribution < -0.4 is 9.80 Å². The third-order valence-corrected chi connectivity index (χ3v) is 14.5. The molecular weight excluding hydrogens is 845 g/mol. The van der Waals surface area contributed by atoms with Gasteiger partial charge in [-0.15, -0.1) is 0 Å². The molecule has 3 heterocycles. The van der Waals surface area contributed by atoms with Gasteiger partial charge in [0.15, 0.2) is 11.2 Å². The van der Waals surface area contributed by atoms with Crippen molar-refractivity contribution < 1.29 is 13.3 Å². The molecule has 0 saturated heterocycles. The van der Waals surface area contributed by atoms with Crippen LogP contribution in [0.1, 0.15) is 70.8 Å². The summed E-state index contributed by atoms with van der Waals surface area (Å²) in [6.07, 6.45) is 5.53. The summed E-state index contributed by atoms with van der Waals surface area (Å²) in [5.41, 5.74) is 12.7. The highest BCUT2D eigenvalue weighted by Gasteiger charge is 2.34. The van der Waals surface area contributed by atoms with E-state index in [-0.39, 0.29) is 16.7 Å². The van der Waals surface area contributed by atoms with E-state index in [1.54, 1.807) is 0 Å². The standard InChI is InChI=1S/C64H52N2O3/c1-63(2,3)51-33-17-29-45-47-31-19-35-53(61(47)68-59(45)51)65(39-21-9-7-10-22-39)55-37-49-50-38-56(42-26-14-16-28-44(42)58(50)67-57(49)43-27-15-13-25-41(43)55)66(40-23-11-8-12-24-40)54-36-20-32-48-46-30-18-34-52(64(4,5)6)60(46)69-62(48)54/h7-33,35-38,52H,34H2,1-6H3. The van der Waals surface area contributed by atoms with Gasteiger partial charge in [-0.2, -0.15) is 0 Å². The number of hydrogen-bond acceptors (Lipinski definition) is 5. The molecule has 0 radical (unpaired) electrons. The van der Waals surface area contributed by atoms with Crippen molar-refractivity contribution in [2.24, 2.45) is 5.41 Å². The van der Waals surface area contributed by atoms with Crippen LogP contribution in [-0.4, -0.2) is 0 Å². The molecule has 13 rings (SSSR count). The Labute approximate surface area is 401 Å². The largest absolute Gasteiger partial charge is 0.458 e. The van der Waals surface area contributed by atoms with Gasteiger partial charge in [0.1, 0.15) is 22.5 Å². The molecule has 1 aliphatic rings. The van der Waals surface area contributed by atoms with Gasteiger partial charge in [0.05, 0.1) is 22.7 Å². The molecule has 1 aliphatic carbocycles. The monoisotopic (exact) mass is 896 g/mol. The van der Waals surface area contributed by atoms with E-state index in [9.17, 15) is 0 Å². The van der Waals surface area contributed by atoms with E-state index in [0.717, 1.165) is 123 Å². The summed E-state index contributed by atoms with van der Waals surface area (Å²) in [6, 6.07) is 63.0. The fraction of sp³-hybridized carbons (Fsp3) is 0.156. The van der Waals surface area contributed by atoms with Crippen molar-refractivity contribution in [3.05, 3.63) is 199 Å². The van der Waals surface area contributed by atoms with Crippen molar-refractivity contribution >= 4 is 117 Å². The number of anilines is 6. The number of nitrogens with zero attached hydrogens (tertiary/aromatic N) is 2. The van der Waals surface area contributed by atoms with Crippen LogP contribution >= 0.6 is 0 Å². The number of fused-ring (bicyclic) bond motifs is 13. The van der Waals surface area contributed by atoms with E-state index in [1.165, 1.54) is 11.1 Å². The zero-order valence-corrected chi connectivity index (χ0v) is 39.8. The van der Waals surface area contributed by atoms with Crippen LogP contribution in [0.5, 0.6) is 0 Å². The van der Waals surface area contributed by atoms with Gasteiger partial charge in [-0.05, 0) is 65.8 Å². The molecule has 0 aliphatic heterocycles. The Kier molecular flexibility index (Phi) is 9.10. The van der Waals surface area contributed by atoms with Crippen molar-refractivity contribution in [2.45, 2.75) is 59.3 Å². The second-order valence-corrected chi connectivity index (χ2v) is 20.9. The van der Waals surface area contributed by atoms with Gasteiger partial charge in [0.25, 0.3) is 0 Å². The molecule has 336 valence electrons. The SMILES string of the molecule is CC(C)(C)c1cccc2c1oc1c(N(c3ccccc3)c3cc4c5cc(N(c6ccccc6)c6cccc7c8c(oc67)C(C(C)(C)C)CC=C8)c6ccccc6c5oc4c4ccccc34)cccc12. The molecule has 0 fully saturated rings. The van der Waals surface area contributed by atoms with Gasteiger partial charge in [-0.25, -0.2) is 0 Å². The maximum Gasteiger partial charge on any atom is 0.159 e. The summed E-state index contributed by atoms with van der Waals surface area (Å²) < 4.78 is 21.5. The van der Waals surface area contributed by atoms with Gasteiger partial charge >= 0.3 is 0 Å². The zero-order valence-electron chi connectivity index (χ0n) is 39.8. The normalized spacial score (nSPS) is 14.3. The molecule has 0 bridgehead atoms. The Morgan fingerprint density at radius 1 is 0.391 bits per heavy atom. The third kappa shape index (κ3) is 6.37. The first-order valence-electron chi connectivity index (χ1n) is 24.2. The predicted octanol–water partition coefficient (Wildman–Crippen LogP) is 19.3. The number of rotatable bonds is 6. The zero-order chi connectivity index (χ0) is 46.8. The quantitative estimate of drug-likeness (QED) is 0.166. The molecule has 1 unspecified atom stereocenters. The fourth-order valence-corrected chi connectivity index (χ4v) is 11.2. The first-order valence-corrected chi connectivity index (χ1v) is 24.2. The van der Waals surface area contributed by atoms with Crippen molar-refractivity contribution in [3.8, 4) is 0 Å². The van der Waals surface area contributed by atoms with E-state index in [4.69, 9.17) is 13.3 Å². The highest BCUT2D eigenvalue weighted by atomic mass is 16.3. The summed E-state index contributed by atoms with van der Waals surface area (Å²) in [4.78, 5) is 4.76. The summed E-state index contributed by atoms with van der Waals surface area (Å²) in [6.45, 7) is 13.7. The molecule has 1 atom stereocenters.